The number of hydrazone groups is 1. The molecule has 0 fully saturated rings. The zero-order chi connectivity index (χ0) is 19.9. The van der Waals surface area contributed by atoms with Gasteiger partial charge >= 0.3 is 5.97 Å². The minimum atomic E-state index is -0.773. The number of carbonyl (C=O) groups is 2. The normalized spacial score (nSPS) is 10.6. The molecule has 1 amide bonds. The van der Waals surface area contributed by atoms with Gasteiger partial charge in [-0.25, -0.2) is 14.6 Å². The van der Waals surface area contributed by atoms with Gasteiger partial charge in [-0.3, -0.25) is 4.79 Å². The molecule has 0 saturated carbocycles. The molecule has 0 saturated heterocycles. The van der Waals surface area contributed by atoms with E-state index in [2.05, 4.69) is 10.5 Å². The van der Waals surface area contributed by atoms with E-state index in [4.69, 9.17) is 4.74 Å². The summed E-state index contributed by atoms with van der Waals surface area (Å²) in [6.45, 7) is 1.94. The van der Waals surface area contributed by atoms with Gasteiger partial charge in [-0.1, -0.05) is 29.8 Å². The topological polar surface area (TPSA) is 67.8 Å². The number of aryl methyl sites for hydroxylation is 1. The fourth-order valence-corrected chi connectivity index (χ4v) is 2.35. The van der Waals surface area contributed by atoms with Gasteiger partial charge < -0.3 is 4.74 Å². The van der Waals surface area contributed by atoms with Gasteiger partial charge in [0.2, 0.25) is 0 Å². The number of amides is 1. The Morgan fingerprint density at radius 2 is 1.64 bits per heavy atom. The molecule has 0 aliphatic heterocycles. The van der Waals surface area contributed by atoms with Crippen LogP contribution in [0.1, 0.15) is 31.8 Å². The maximum absolute atomic E-state index is 13.6. The number of nitrogens with one attached hydrogen (secondary N) is 1. The first-order valence-electron chi connectivity index (χ1n) is 8.50. The van der Waals surface area contributed by atoms with Crippen LogP contribution in [0.15, 0.2) is 77.9 Å². The summed E-state index contributed by atoms with van der Waals surface area (Å²) in [5.74, 6) is -1.45. The monoisotopic (exact) mass is 376 g/mol. The highest BCUT2D eigenvalue weighted by Gasteiger charge is 2.13. The van der Waals surface area contributed by atoms with E-state index in [0.717, 1.165) is 5.56 Å². The van der Waals surface area contributed by atoms with Gasteiger partial charge in [0.05, 0.1) is 11.8 Å². The van der Waals surface area contributed by atoms with Crippen molar-refractivity contribution in [3.8, 4) is 5.75 Å². The fraction of sp³-hybridized carbons (Fsp3) is 0.0455. The first-order chi connectivity index (χ1) is 13.5. The molecule has 0 heterocycles. The molecule has 0 spiro atoms. The second-order valence-electron chi connectivity index (χ2n) is 6.00. The largest absolute Gasteiger partial charge is 0.423 e. The third kappa shape index (κ3) is 4.88. The Kier molecular flexibility index (Phi) is 5.91. The average molecular weight is 376 g/mol. The molecule has 0 radical (unpaired) electrons. The van der Waals surface area contributed by atoms with E-state index >= 15 is 0 Å². The average Bonchev–Trinajstić information content (AvgIpc) is 2.70. The van der Waals surface area contributed by atoms with Crippen LogP contribution in [0.25, 0.3) is 0 Å². The summed E-state index contributed by atoms with van der Waals surface area (Å²) in [5.41, 5.74) is 4.58. The zero-order valence-electron chi connectivity index (χ0n) is 15.1. The van der Waals surface area contributed by atoms with Gasteiger partial charge in [0.15, 0.2) is 0 Å². The molecule has 28 heavy (non-hydrogen) atoms. The third-order valence-corrected chi connectivity index (χ3v) is 3.88. The first kappa shape index (κ1) is 19.0. The van der Waals surface area contributed by atoms with Crippen molar-refractivity contribution in [2.45, 2.75) is 6.92 Å². The van der Waals surface area contributed by atoms with Crippen molar-refractivity contribution in [1.29, 1.82) is 0 Å². The summed E-state index contributed by atoms with van der Waals surface area (Å²) in [6.07, 6.45) is 1.47. The summed E-state index contributed by atoms with van der Waals surface area (Å²) >= 11 is 0. The molecule has 3 aromatic carbocycles. The van der Waals surface area contributed by atoms with E-state index in [1.165, 1.54) is 24.4 Å². The van der Waals surface area contributed by atoms with E-state index in [9.17, 15) is 14.0 Å². The van der Waals surface area contributed by atoms with Crippen molar-refractivity contribution in [2.75, 3.05) is 0 Å². The summed E-state index contributed by atoms with van der Waals surface area (Å²) < 4.78 is 18.8. The molecule has 5 nitrogen and oxygen atoms in total. The van der Waals surface area contributed by atoms with Gasteiger partial charge in [-0.15, -0.1) is 0 Å². The molecule has 6 heteroatoms. The lowest BCUT2D eigenvalue weighted by Gasteiger charge is -2.05. The van der Waals surface area contributed by atoms with Crippen LogP contribution in [-0.4, -0.2) is 18.1 Å². The van der Waals surface area contributed by atoms with Crippen LogP contribution in [0.4, 0.5) is 4.39 Å². The predicted molar refractivity (Wildman–Crippen MR) is 104 cm³/mol. The maximum Gasteiger partial charge on any atom is 0.346 e. The van der Waals surface area contributed by atoms with Crippen LogP contribution in [0.3, 0.4) is 0 Å². The standard InChI is InChI=1S/C22H17FN2O3/c1-15-6-10-17(11-7-15)21(26)25-24-14-16-8-12-18(13-9-16)28-22(27)19-4-2-3-5-20(19)23/h2-14H,1H3,(H,25,26). The number of halogens is 1. The molecule has 0 aliphatic carbocycles. The van der Waals surface area contributed by atoms with Crippen LogP contribution in [0.5, 0.6) is 5.75 Å². The van der Waals surface area contributed by atoms with E-state index in [1.807, 2.05) is 19.1 Å². The van der Waals surface area contributed by atoms with E-state index in [-0.39, 0.29) is 17.2 Å². The molecule has 3 aromatic rings. The number of ether oxygens (including phenoxy) is 1. The molecule has 140 valence electrons. The van der Waals surface area contributed by atoms with Gasteiger partial charge in [0.25, 0.3) is 5.91 Å². The number of nitrogens with zero attached hydrogens (tertiary/aromatic N) is 1. The minimum Gasteiger partial charge on any atom is -0.423 e. The maximum atomic E-state index is 13.6. The Hall–Kier alpha value is -3.80. The number of benzene rings is 3. The Morgan fingerprint density at radius 3 is 2.32 bits per heavy atom. The van der Waals surface area contributed by atoms with E-state index in [0.29, 0.717) is 11.1 Å². The highest BCUT2D eigenvalue weighted by molar-refractivity contribution is 5.95. The minimum absolute atomic E-state index is 0.132. The second-order valence-corrected chi connectivity index (χ2v) is 6.00. The van der Waals surface area contributed by atoms with Crippen LogP contribution in [0, 0.1) is 12.7 Å². The lowest BCUT2D eigenvalue weighted by molar-refractivity contribution is 0.0729. The van der Waals surface area contributed by atoms with Crippen LogP contribution in [0.2, 0.25) is 0 Å². The third-order valence-electron chi connectivity index (χ3n) is 3.88. The SMILES string of the molecule is Cc1ccc(C(=O)NN=Cc2ccc(OC(=O)c3ccccc3F)cc2)cc1. The molecule has 0 atom stereocenters. The molecular formula is C22H17FN2O3. The Balaban J connectivity index is 1.57. The molecule has 3 rings (SSSR count). The van der Waals surface area contributed by atoms with Crippen molar-refractivity contribution in [1.82, 2.24) is 5.43 Å². The Labute approximate surface area is 161 Å². The van der Waals surface area contributed by atoms with Crippen LogP contribution < -0.4 is 10.2 Å². The smallest absolute Gasteiger partial charge is 0.346 e. The zero-order valence-corrected chi connectivity index (χ0v) is 15.1. The van der Waals surface area contributed by atoms with Crippen molar-refractivity contribution in [2.24, 2.45) is 5.10 Å². The van der Waals surface area contributed by atoms with Gasteiger partial charge in [-0.2, -0.15) is 5.10 Å². The number of rotatable bonds is 5. The van der Waals surface area contributed by atoms with Crippen molar-refractivity contribution in [3.63, 3.8) is 0 Å². The molecule has 0 aromatic heterocycles. The van der Waals surface area contributed by atoms with Crippen LogP contribution in [-0.2, 0) is 0 Å². The van der Waals surface area contributed by atoms with E-state index in [1.54, 1.807) is 42.5 Å². The first-order valence-corrected chi connectivity index (χ1v) is 8.50. The molecule has 0 aliphatic rings. The van der Waals surface area contributed by atoms with Crippen molar-refractivity contribution in [3.05, 3.63) is 101 Å². The number of esters is 1. The Bertz CT molecular complexity index is 1010. The lowest BCUT2D eigenvalue weighted by atomic mass is 10.1. The highest BCUT2D eigenvalue weighted by atomic mass is 19.1. The van der Waals surface area contributed by atoms with Crippen LogP contribution >= 0.6 is 0 Å². The molecule has 0 unspecified atom stereocenters. The summed E-state index contributed by atoms with van der Waals surface area (Å²) in [5, 5.41) is 3.91. The summed E-state index contributed by atoms with van der Waals surface area (Å²) in [4.78, 5) is 24.0. The van der Waals surface area contributed by atoms with Gasteiger partial charge in [0, 0.05) is 5.56 Å². The molecule has 1 N–H and O–H groups in total. The van der Waals surface area contributed by atoms with Gasteiger partial charge in [0.1, 0.15) is 11.6 Å². The molecular weight excluding hydrogens is 359 g/mol. The predicted octanol–water partition coefficient (Wildman–Crippen LogP) is 4.12. The summed E-state index contributed by atoms with van der Waals surface area (Å²) in [7, 11) is 0. The fourth-order valence-electron chi connectivity index (χ4n) is 2.35. The highest BCUT2D eigenvalue weighted by Crippen LogP contribution is 2.15. The van der Waals surface area contributed by atoms with Crippen molar-refractivity contribution >= 4 is 18.1 Å². The number of carbonyl (C=O) groups excluding carboxylic acids is 2. The lowest BCUT2D eigenvalue weighted by Crippen LogP contribution is -2.17. The van der Waals surface area contributed by atoms with E-state index < -0.39 is 11.8 Å². The number of hydrogen-bond donors (Lipinski definition) is 1. The van der Waals surface area contributed by atoms with Gasteiger partial charge in [-0.05, 0) is 61.0 Å². The quantitative estimate of drug-likeness (QED) is 0.315. The second kappa shape index (κ2) is 8.73. The van der Waals surface area contributed by atoms with Crippen molar-refractivity contribution < 1.29 is 18.7 Å². The molecule has 0 bridgehead atoms. The number of hydrogen-bond acceptors (Lipinski definition) is 4. The summed E-state index contributed by atoms with van der Waals surface area (Å²) in [6, 6.07) is 19.2. The Morgan fingerprint density at radius 1 is 0.964 bits per heavy atom.